The van der Waals surface area contributed by atoms with Crippen molar-refractivity contribution in [1.29, 1.82) is 0 Å². The Kier molecular flexibility index (Phi) is 5.74. The molecule has 0 spiro atoms. The molecule has 0 radical (unpaired) electrons. The molecule has 2 aromatic heterocycles. The normalized spacial score (nSPS) is 11.6. The largest absolute Gasteiger partial charge is 0.436 e. The number of nitrogens with zero attached hydrogens (tertiary/aromatic N) is 4. The highest BCUT2D eigenvalue weighted by Crippen LogP contribution is 2.33. The first-order valence-electron chi connectivity index (χ1n) is 14.9. The zero-order valence-corrected chi connectivity index (χ0v) is 24.1. The van der Waals surface area contributed by atoms with Gasteiger partial charge in [0.1, 0.15) is 5.52 Å². The minimum Gasteiger partial charge on any atom is -0.436 e. The van der Waals surface area contributed by atoms with Crippen molar-refractivity contribution in [3.8, 4) is 45.6 Å². The van der Waals surface area contributed by atoms with Crippen LogP contribution in [0, 0.1) is 0 Å². The maximum atomic E-state index is 6.17. The molecule has 0 amide bonds. The smallest absolute Gasteiger partial charge is 0.227 e. The summed E-state index contributed by atoms with van der Waals surface area (Å²) in [7, 11) is 0. The molecule has 7 aromatic carbocycles. The molecular weight excluding hydrogens is 552 g/mol. The van der Waals surface area contributed by atoms with E-state index >= 15 is 0 Å². The molecule has 0 N–H and O–H groups in total. The van der Waals surface area contributed by atoms with Crippen LogP contribution in [0.25, 0.3) is 89.0 Å². The lowest BCUT2D eigenvalue weighted by Gasteiger charge is -2.10. The minimum absolute atomic E-state index is 0.581. The fourth-order valence-corrected chi connectivity index (χ4v) is 6.04. The number of rotatable bonds is 4. The third-order valence-corrected chi connectivity index (χ3v) is 8.35. The zero-order valence-electron chi connectivity index (χ0n) is 24.1. The quantitative estimate of drug-likeness (QED) is 0.195. The van der Waals surface area contributed by atoms with Crippen LogP contribution in [0.1, 0.15) is 0 Å². The van der Waals surface area contributed by atoms with Crippen LogP contribution < -0.4 is 0 Å². The number of oxazole rings is 1. The Labute approximate surface area is 258 Å². The van der Waals surface area contributed by atoms with Gasteiger partial charge in [-0.2, -0.15) is 0 Å². The van der Waals surface area contributed by atoms with E-state index < -0.39 is 0 Å². The summed E-state index contributed by atoms with van der Waals surface area (Å²) in [5, 5.41) is 6.98. The van der Waals surface area contributed by atoms with Gasteiger partial charge in [-0.05, 0) is 51.2 Å². The summed E-state index contributed by atoms with van der Waals surface area (Å²) in [6, 6.07) is 49.6. The van der Waals surface area contributed by atoms with Gasteiger partial charge in [-0.3, -0.25) is 0 Å². The van der Waals surface area contributed by atoms with Gasteiger partial charge in [0.05, 0.1) is 0 Å². The van der Waals surface area contributed by atoms with Crippen LogP contribution in [0.2, 0.25) is 0 Å². The monoisotopic (exact) mass is 576 g/mol. The van der Waals surface area contributed by atoms with Gasteiger partial charge in [-0.25, -0.2) is 19.9 Å². The molecule has 0 saturated carbocycles. The van der Waals surface area contributed by atoms with Gasteiger partial charge in [0.25, 0.3) is 0 Å². The van der Waals surface area contributed by atoms with Gasteiger partial charge in [0, 0.05) is 27.6 Å². The van der Waals surface area contributed by atoms with E-state index in [1.165, 1.54) is 21.5 Å². The Morgan fingerprint density at radius 1 is 0.356 bits per heavy atom. The van der Waals surface area contributed by atoms with Crippen molar-refractivity contribution in [1.82, 2.24) is 19.9 Å². The molecule has 0 fully saturated rings. The van der Waals surface area contributed by atoms with E-state index in [9.17, 15) is 0 Å². The molecule has 2 heterocycles. The Hall–Kier alpha value is -6.20. The van der Waals surface area contributed by atoms with Crippen LogP contribution in [0.15, 0.2) is 150 Å². The van der Waals surface area contributed by atoms with Crippen molar-refractivity contribution in [3.05, 3.63) is 146 Å². The minimum atomic E-state index is 0.581. The zero-order chi connectivity index (χ0) is 29.7. The second-order valence-electron chi connectivity index (χ2n) is 11.1. The predicted molar refractivity (Wildman–Crippen MR) is 182 cm³/mol. The third-order valence-electron chi connectivity index (χ3n) is 8.35. The van der Waals surface area contributed by atoms with E-state index in [0.29, 0.717) is 23.4 Å². The van der Waals surface area contributed by atoms with E-state index in [4.69, 9.17) is 24.4 Å². The van der Waals surface area contributed by atoms with Crippen LogP contribution in [-0.4, -0.2) is 19.9 Å². The molecule has 9 aromatic rings. The first-order valence-corrected chi connectivity index (χ1v) is 14.9. The van der Waals surface area contributed by atoms with E-state index in [-0.39, 0.29) is 0 Å². The van der Waals surface area contributed by atoms with E-state index in [0.717, 1.165) is 44.1 Å². The van der Waals surface area contributed by atoms with Crippen molar-refractivity contribution < 1.29 is 4.42 Å². The molecule has 45 heavy (non-hydrogen) atoms. The Morgan fingerprint density at radius 3 is 1.62 bits per heavy atom. The lowest BCUT2D eigenvalue weighted by molar-refractivity contribution is 0.620. The van der Waals surface area contributed by atoms with E-state index in [2.05, 4.69) is 72.8 Å². The predicted octanol–water partition coefficient (Wildman–Crippen LogP) is 10.1. The highest BCUT2D eigenvalue weighted by molar-refractivity contribution is 6.08. The van der Waals surface area contributed by atoms with Crippen LogP contribution in [-0.2, 0) is 0 Å². The second-order valence-corrected chi connectivity index (χ2v) is 11.1. The number of aromatic nitrogens is 4. The Morgan fingerprint density at radius 2 is 0.867 bits per heavy atom. The average molecular weight is 577 g/mol. The Balaban J connectivity index is 1.15. The summed E-state index contributed by atoms with van der Waals surface area (Å²) in [5.74, 6) is 2.44. The van der Waals surface area contributed by atoms with Crippen LogP contribution in [0.3, 0.4) is 0 Å². The van der Waals surface area contributed by atoms with Gasteiger partial charge in [0.15, 0.2) is 23.1 Å². The molecule has 0 aliphatic carbocycles. The lowest BCUT2D eigenvalue weighted by Crippen LogP contribution is -2.00. The van der Waals surface area contributed by atoms with Crippen molar-refractivity contribution in [2.45, 2.75) is 0 Å². The maximum Gasteiger partial charge on any atom is 0.227 e. The topological polar surface area (TPSA) is 64.7 Å². The molecule has 0 aliphatic heterocycles. The molecule has 210 valence electrons. The summed E-state index contributed by atoms with van der Waals surface area (Å²) < 4.78 is 6.17. The highest BCUT2D eigenvalue weighted by atomic mass is 16.3. The lowest BCUT2D eigenvalue weighted by atomic mass is 10.00. The van der Waals surface area contributed by atoms with Crippen molar-refractivity contribution in [2.75, 3.05) is 0 Å². The Bertz CT molecular complexity index is 2540. The molecule has 0 bridgehead atoms. The van der Waals surface area contributed by atoms with Gasteiger partial charge in [-0.1, -0.05) is 121 Å². The molecule has 5 nitrogen and oxygen atoms in total. The molecule has 0 atom stereocenters. The first-order chi connectivity index (χ1) is 22.3. The summed E-state index contributed by atoms with van der Waals surface area (Å²) >= 11 is 0. The molecule has 0 unspecified atom stereocenters. The average Bonchev–Trinajstić information content (AvgIpc) is 3.57. The van der Waals surface area contributed by atoms with Crippen LogP contribution >= 0.6 is 0 Å². The fraction of sp³-hybridized carbons (Fsp3) is 0. The molecule has 9 rings (SSSR count). The van der Waals surface area contributed by atoms with Crippen molar-refractivity contribution in [2.24, 2.45) is 0 Å². The number of hydrogen-bond acceptors (Lipinski definition) is 5. The van der Waals surface area contributed by atoms with Gasteiger partial charge in [0.2, 0.25) is 5.89 Å². The number of hydrogen-bond donors (Lipinski definition) is 0. The molecule has 0 saturated heterocycles. The second kappa shape index (κ2) is 10.2. The van der Waals surface area contributed by atoms with Crippen molar-refractivity contribution in [3.63, 3.8) is 0 Å². The van der Waals surface area contributed by atoms with Crippen LogP contribution in [0.4, 0.5) is 0 Å². The first kappa shape index (κ1) is 25.3. The fourth-order valence-electron chi connectivity index (χ4n) is 6.04. The summed E-state index contributed by atoms with van der Waals surface area (Å²) in [4.78, 5) is 19.7. The standard InChI is InChI=1S/C40H24N4O/c1-2-10-28(11-3-1)37-42-38(44-39(43-37)31-21-16-27-15-14-25-8-4-6-12-32(25)34(27)24-31)29-17-19-30(20-18-29)40-41-36-33-13-7-5-9-26(33)22-23-35(36)45-40/h1-24H. The summed E-state index contributed by atoms with van der Waals surface area (Å²) in [6.07, 6.45) is 0. The van der Waals surface area contributed by atoms with E-state index in [1.807, 2.05) is 72.8 Å². The maximum absolute atomic E-state index is 6.17. The molecule has 5 heteroatoms. The third kappa shape index (κ3) is 4.41. The van der Waals surface area contributed by atoms with Gasteiger partial charge < -0.3 is 4.42 Å². The van der Waals surface area contributed by atoms with Crippen LogP contribution in [0.5, 0.6) is 0 Å². The van der Waals surface area contributed by atoms with E-state index in [1.54, 1.807) is 0 Å². The summed E-state index contributed by atoms with van der Waals surface area (Å²) in [5.41, 5.74) is 5.28. The van der Waals surface area contributed by atoms with Gasteiger partial charge >= 0.3 is 0 Å². The molecular formula is C40H24N4O. The number of fused-ring (bicyclic) bond motifs is 6. The summed E-state index contributed by atoms with van der Waals surface area (Å²) in [6.45, 7) is 0. The van der Waals surface area contributed by atoms with Crippen molar-refractivity contribution >= 4 is 43.4 Å². The molecule has 0 aliphatic rings. The van der Waals surface area contributed by atoms with Gasteiger partial charge in [-0.15, -0.1) is 0 Å². The number of benzene rings is 7. The highest BCUT2D eigenvalue weighted by Gasteiger charge is 2.15. The SMILES string of the molecule is c1ccc(-c2nc(-c3ccc(-c4nc5c(ccc6ccccc65)o4)cc3)nc(-c3ccc4ccc5ccccc5c4c3)n2)cc1.